The average molecular weight is 470 g/mol. The van der Waals surface area contributed by atoms with Gasteiger partial charge in [-0.1, -0.05) is 0 Å². The molecular formula is C24H31N5O5. The summed E-state index contributed by atoms with van der Waals surface area (Å²) in [5.74, 6) is 1.32. The Morgan fingerprint density at radius 1 is 1.26 bits per heavy atom. The molecule has 2 aliphatic heterocycles. The van der Waals surface area contributed by atoms with Crippen LogP contribution in [0.4, 0.5) is 5.69 Å². The van der Waals surface area contributed by atoms with Gasteiger partial charge < -0.3 is 29.6 Å². The minimum Gasteiger partial charge on any atom is -0.496 e. The van der Waals surface area contributed by atoms with E-state index in [0.717, 1.165) is 24.1 Å². The summed E-state index contributed by atoms with van der Waals surface area (Å²) >= 11 is 0. The van der Waals surface area contributed by atoms with E-state index in [1.807, 2.05) is 18.2 Å². The molecule has 3 heterocycles. The van der Waals surface area contributed by atoms with Gasteiger partial charge in [0.2, 0.25) is 17.7 Å². The number of nitrogens with zero attached hydrogens (tertiary/aromatic N) is 3. The molecule has 2 fully saturated rings. The van der Waals surface area contributed by atoms with Crippen molar-refractivity contribution in [2.75, 3.05) is 44.7 Å². The van der Waals surface area contributed by atoms with Crippen LogP contribution in [0.15, 0.2) is 28.8 Å². The molecule has 0 saturated carbocycles. The summed E-state index contributed by atoms with van der Waals surface area (Å²) in [6, 6.07) is 5.27. The van der Waals surface area contributed by atoms with Gasteiger partial charge in [-0.2, -0.15) is 0 Å². The van der Waals surface area contributed by atoms with E-state index in [4.69, 9.17) is 9.15 Å². The standard InChI is InChI=1S/C24H31N5O5/c1-16-26-14-21(34-16)18-7-6-17(13-20(18)33-2)28-10-8-23(31)29(12-11-28)15-22(30)27-19-5-3-4-9-25-24(19)32/h6-7,13-14,19H,3-5,8-12,15H2,1-2H3,(H,25,32)(H,27,30). The van der Waals surface area contributed by atoms with E-state index in [2.05, 4.69) is 20.5 Å². The highest BCUT2D eigenvalue weighted by Gasteiger charge is 2.27. The summed E-state index contributed by atoms with van der Waals surface area (Å²) in [6.07, 6.45) is 4.36. The summed E-state index contributed by atoms with van der Waals surface area (Å²) in [5, 5.41) is 5.60. The quantitative estimate of drug-likeness (QED) is 0.658. The Kier molecular flexibility index (Phi) is 7.34. The third-order valence-electron chi connectivity index (χ3n) is 6.23. The minimum absolute atomic E-state index is 0.0520. The number of hydrogen-bond donors (Lipinski definition) is 2. The average Bonchev–Trinajstić information content (AvgIpc) is 3.05. The van der Waals surface area contributed by atoms with E-state index >= 15 is 0 Å². The molecule has 1 aromatic heterocycles. The summed E-state index contributed by atoms with van der Waals surface area (Å²) in [6.45, 7) is 3.89. The molecule has 0 spiro atoms. The van der Waals surface area contributed by atoms with Crippen molar-refractivity contribution in [2.24, 2.45) is 0 Å². The molecule has 2 N–H and O–H groups in total. The van der Waals surface area contributed by atoms with Gasteiger partial charge in [0.1, 0.15) is 11.8 Å². The molecule has 3 amide bonds. The Morgan fingerprint density at radius 3 is 2.88 bits per heavy atom. The second-order valence-electron chi connectivity index (χ2n) is 8.59. The van der Waals surface area contributed by atoms with Crippen LogP contribution >= 0.6 is 0 Å². The topological polar surface area (TPSA) is 117 Å². The third kappa shape index (κ3) is 5.49. The first-order valence-electron chi connectivity index (χ1n) is 11.6. The summed E-state index contributed by atoms with van der Waals surface area (Å²) in [5.41, 5.74) is 1.73. The maximum absolute atomic E-state index is 12.7. The predicted octanol–water partition coefficient (Wildman–Crippen LogP) is 1.48. The number of oxazole rings is 1. The molecule has 182 valence electrons. The number of benzene rings is 1. The van der Waals surface area contributed by atoms with Crippen LogP contribution in [0, 0.1) is 6.92 Å². The number of nitrogens with one attached hydrogen (secondary N) is 2. The van der Waals surface area contributed by atoms with E-state index in [0.29, 0.717) is 56.4 Å². The molecule has 10 nitrogen and oxygen atoms in total. The molecule has 2 aliphatic rings. The summed E-state index contributed by atoms with van der Waals surface area (Å²) < 4.78 is 11.2. The number of carbonyl (C=O) groups excluding carboxylic acids is 3. The van der Waals surface area contributed by atoms with Crippen molar-refractivity contribution in [1.29, 1.82) is 0 Å². The normalized spacial score (nSPS) is 19.3. The van der Waals surface area contributed by atoms with Gasteiger partial charge in [0.25, 0.3) is 0 Å². The van der Waals surface area contributed by atoms with Gasteiger partial charge in [-0.3, -0.25) is 14.4 Å². The van der Waals surface area contributed by atoms with Gasteiger partial charge in [-0.15, -0.1) is 0 Å². The number of aryl methyl sites for hydroxylation is 1. The Morgan fingerprint density at radius 2 is 2.12 bits per heavy atom. The zero-order chi connectivity index (χ0) is 24.1. The Labute approximate surface area is 198 Å². The molecule has 0 radical (unpaired) electrons. The first-order chi connectivity index (χ1) is 16.4. The molecule has 2 saturated heterocycles. The lowest BCUT2D eigenvalue weighted by Gasteiger charge is -2.24. The monoisotopic (exact) mass is 469 g/mol. The largest absolute Gasteiger partial charge is 0.496 e. The number of amides is 3. The molecule has 1 unspecified atom stereocenters. The lowest BCUT2D eigenvalue weighted by Crippen LogP contribution is -2.49. The minimum atomic E-state index is -0.535. The summed E-state index contributed by atoms with van der Waals surface area (Å²) in [4.78, 5) is 45.2. The lowest BCUT2D eigenvalue weighted by molar-refractivity contribution is -0.136. The Bertz CT molecular complexity index is 1050. The van der Waals surface area contributed by atoms with Crippen molar-refractivity contribution >= 4 is 23.4 Å². The van der Waals surface area contributed by atoms with E-state index < -0.39 is 6.04 Å². The zero-order valence-corrected chi connectivity index (χ0v) is 19.6. The van der Waals surface area contributed by atoms with Crippen LogP contribution in [0.2, 0.25) is 0 Å². The number of methoxy groups -OCH3 is 1. The van der Waals surface area contributed by atoms with Crippen molar-refractivity contribution in [3.05, 3.63) is 30.3 Å². The molecule has 1 aromatic carbocycles. The van der Waals surface area contributed by atoms with Crippen molar-refractivity contribution in [3.63, 3.8) is 0 Å². The third-order valence-corrected chi connectivity index (χ3v) is 6.23. The van der Waals surface area contributed by atoms with Crippen LogP contribution in [-0.2, 0) is 14.4 Å². The molecule has 0 aliphatic carbocycles. The maximum atomic E-state index is 12.7. The molecule has 10 heteroatoms. The maximum Gasteiger partial charge on any atom is 0.242 e. The number of rotatable bonds is 6. The van der Waals surface area contributed by atoms with Crippen LogP contribution in [0.25, 0.3) is 11.3 Å². The lowest BCUT2D eigenvalue weighted by atomic mass is 10.1. The van der Waals surface area contributed by atoms with Gasteiger partial charge in [0.15, 0.2) is 11.7 Å². The fourth-order valence-corrected chi connectivity index (χ4v) is 4.35. The Hall–Kier alpha value is -3.56. The van der Waals surface area contributed by atoms with Gasteiger partial charge in [-0.05, 0) is 31.4 Å². The van der Waals surface area contributed by atoms with Crippen molar-refractivity contribution in [2.45, 2.75) is 38.6 Å². The van der Waals surface area contributed by atoms with Crippen LogP contribution < -0.4 is 20.3 Å². The van der Waals surface area contributed by atoms with Crippen LogP contribution in [0.3, 0.4) is 0 Å². The van der Waals surface area contributed by atoms with Crippen molar-refractivity contribution in [1.82, 2.24) is 20.5 Å². The van der Waals surface area contributed by atoms with Gasteiger partial charge >= 0.3 is 0 Å². The zero-order valence-electron chi connectivity index (χ0n) is 19.6. The SMILES string of the molecule is COc1cc(N2CCC(=O)N(CC(=O)NC3CCCCNC3=O)CC2)ccc1-c1cnc(C)o1. The summed E-state index contributed by atoms with van der Waals surface area (Å²) in [7, 11) is 1.60. The number of anilines is 1. The van der Waals surface area contributed by atoms with E-state index in [1.54, 1.807) is 25.1 Å². The van der Waals surface area contributed by atoms with Gasteiger partial charge in [0.05, 0.1) is 25.4 Å². The number of ether oxygens (including phenoxy) is 1. The Balaban J connectivity index is 1.39. The molecule has 4 rings (SSSR count). The van der Waals surface area contributed by atoms with Crippen molar-refractivity contribution in [3.8, 4) is 17.1 Å². The second kappa shape index (κ2) is 10.6. The number of hydrogen-bond acceptors (Lipinski definition) is 7. The van der Waals surface area contributed by atoms with Crippen LogP contribution in [0.5, 0.6) is 5.75 Å². The van der Waals surface area contributed by atoms with E-state index in [1.165, 1.54) is 0 Å². The van der Waals surface area contributed by atoms with Gasteiger partial charge in [-0.25, -0.2) is 4.98 Å². The fourth-order valence-electron chi connectivity index (χ4n) is 4.35. The smallest absolute Gasteiger partial charge is 0.242 e. The molecule has 1 atom stereocenters. The fraction of sp³-hybridized carbons (Fsp3) is 0.500. The first kappa shape index (κ1) is 23.6. The van der Waals surface area contributed by atoms with Crippen molar-refractivity contribution < 1.29 is 23.5 Å². The first-order valence-corrected chi connectivity index (χ1v) is 11.6. The highest BCUT2D eigenvalue weighted by Crippen LogP contribution is 2.34. The highest BCUT2D eigenvalue weighted by molar-refractivity contribution is 5.90. The van der Waals surface area contributed by atoms with E-state index in [-0.39, 0.29) is 24.3 Å². The molecule has 0 bridgehead atoms. The molecular weight excluding hydrogens is 438 g/mol. The number of aromatic nitrogens is 1. The van der Waals surface area contributed by atoms with Crippen LogP contribution in [0.1, 0.15) is 31.6 Å². The predicted molar refractivity (Wildman–Crippen MR) is 125 cm³/mol. The van der Waals surface area contributed by atoms with E-state index in [9.17, 15) is 14.4 Å². The highest BCUT2D eigenvalue weighted by atomic mass is 16.5. The molecule has 34 heavy (non-hydrogen) atoms. The second-order valence-corrected chi connectivity index (χ2v) is 8.59. The number of carbonyl (C=O) groups is 3. The van der Waals surface area contributed by atoms with Crippen LogP contribution in [-0.4, -0.2) is 73.5 Å². The van der Waals surface area contributed by atoms with Gasteiger partial charge in [0, 0.05) is 51.3 Å². The molecule has 2 aromatic rings.